The average Bonchev–Trinajstić information content (AvgIpc) is 3.21. The predicted molar refractivity (Wildman–Crippen MR) is 85.5 cm³/mol. The topological polar surface area (TPSA) is 54.0 Å². The molecule has 0 radical (unpaired) electrons. The first kappa shape index (κ1) is 13.0. The van der Waals surface area contributed by atoms with Crippen molar-refractivity contribution < 1.29 is 4.79 Å². The molecule has 108 valence electrons. The van der Waals surface area contributed by atoms with Gasteiger partial charge in [-0.15, -0.1) is 11.3 Å². The molecule has 4 nitrogen and oxygen atoms in total. The van der Waals surface area contributed by atoms with Crippen molar-refractivity contribution in [2.75, 3.05) is 0 Å². The maximum Gasteiger partial charge on any atom is 0.270 e. The van der Waals surface area contributed by atoms with Gasteiger partial charge in [-0.25, -0.2) is 4.98 Å². The van der Waals surface area contributed by atoms with Crippen LogP contribution in [0.2, 0.25) is 0 Å². The van der Waals surface area contributed by atoms with Crippen molar-refractivity contribution in [3.8, 4) is 0 Å². The summed E-state index contributed by atoms with van der Waals surface area (Å²) in [6.45, 7) is 3.81. The molecule has 3 atom stereocenters. The van der Waals surface area contributed by atoms with Gasteiger partial charge >= 0.3 is 0 Å². The van der Waals surface area contributed by atoms with E-state index >= 15 is 0 Å². The van der Waals surface area contributed by atoms with Gasteiger partial charge < -0.3 is 10.6 Å². The number of carbonyl (C=O) groups excluding carboxylic acids is 1. The van der Waals surface area contributed by atoms with Gasteiger partial charge in [0.2, 0.25) is 0 Å². The lowest BCUT2D eigenvalue weighted by molar-refractivity contribution is 0.0926. The summed E-state index contributed by atoms with van der Waals surface area (Å²) in [5.74, 6) is -0.0718. The van der Waals surface area contributed by atoms with E-state index < -0.39 is 0 Å². The van der Waals surface area contributed by atoms with Crippen LogP contribution in [0.15, 0.2) is 24.2 Å². The second-order valence-corrected chi connectivity index (χ2v) is 6.74. The molecule has 2 aromatic rings. The third-order valence-electron chi connectivity index (χ3n) is 4.56. The fourth-order valence-corrected chi connectivity index (χ4v) is 4.36. The SMILES string of the molecule is C=Cc1csc2cnc(C(=O)N[C@@H]3C[C@H]4CC[C@@H]3N4)cc12. The van der Waals surface area contributed by atoms with Gasteiger partial charge in [-0.2, -0.15) is 0 Å². The maximum absolute atomic E-state index is 12.4. The molecule has 5 heteroatoms. The van der Waals surface area contributed by atoms with Gasteiger partial charge in [0.15, 0.2) is 0 Å². The molecule has 4 rings (SSSR count). The molecule has 2 N–H and O–H groups in total. The number of amides is 1. The summed E-state index contributed by atoms with van der Waals surface area (Å²) < 4.78 is 1.09. The van der Waals surface area contributed by atoms with Crippen LogP contribution in [-0.2, 0) is 0 Å². The molecule has 0 saturated carbocycles. The van der Waals surface area contributed by atoms with Gasteiger partial charge in [-0.1, -0.05) is 12.7 Å². The molecule has 2 fully saturated rings. The Bertz CT molecular complexity index is 723. The van der Waals surface area contributed by atoms with Crippen LogP contribution in [0.4, 0.5) is 0 Å². The maximum atomic E-state index is 12.4. The van der Waals surface area contributed by atoms with Crippen molar-refractivity contribution in [2.45, 2.75) is 37.4 Å². The van der Waals surface area contributed by atoms with Crippen LogP contribution in [0.3, 0.4) is 0 Å². The normalized spacial score (nSPS) is 27.1. The van der Waals surface area contributed by atoms with Crippen molar-refractivity contribution in [3.05, 3.63) is 35.5 Å². The molecule has 0 aromatic carbocycles. The Morgan fingerprint density at radius 3 is 3.14 bits per heavy atom. The Labute approximate surface area is 127 Å². The van der Waals surface area contributed by atoms with E-state index in [2.05, 4.69) is 22.2 Å². The van der Waals surface area contributed by atoms with Crippen molar-refractivity contribution in [3.63, 3.8) is 0 Å². The number of thiophene rings is 1. The highest BCUT2D eigenvalue weighted by atomic mass is 32.1. The van der Waals surface area contributed by atoms with Gasteiger partial charge in [0.25, 0.3) is 5.91 Å². The summed E-state index contributed by atoms with van der Waals surface area (Å²) in [6.07, 6.45) is 7.03. The van der Waals surface area contributed by atoms with Crippen LogP contribution in [0.5, 0.6) is 0 Å². The average molecular weight is 299 g/mol. The Morgan fingerprint density at radius 1 is 1.52 bits per heavy atom. The van der Waals surface area contributed by atoms with Crippen LogP contribution < -0.4 is 10.6 Å². The minimum absolute atomic E-state index is 0.0718. The lowest BCUT2D eigenvalue weighted by Gasteiger charge is -2.21. The smallest absolute Gasteiger partial charge is 0.270 e. The molecular formula is C16H17N3OS. The van der Waals surface area contributed by atoms with E-state index in [4.69, 9.17) is 0 Å². The number of rotatable bonds is 3. The van der Waals surface area contributed by atoms with E-state index in [9.17, 15) is 4.79 Å². The number of pyridine rings is 1. The molecule has 2 bridgehead atoms. The summed E-state index contributed by atoms with van der Waals surface area (Å²) in [4.78, 5) is 16.7. The number of hydrogen-bond donors (Lipinski definition) is 2. The van der Waals surface area contributed by atoms with Crippen LogP contribution in [0.25, 0.3) is 16.2 Å². The van der Waals surface area contributed by atoms with Crippen molar-refractivity contribution >= 4 is 33.4 Å². The molecule has 2 aliphatic heterocycles. The Morgan fingerprint density at radius 2 is 2.43 bits per heavy atom. The third kappa shape index (κ3) is 2.17. The van der Waals surface area contributed by atoms with E-state index in [0.717, 1.165) is 28.5 Å². The minimum atomic E-state index is -0.0718. The zero-order valence-electron chi connectivity index (χ0n) is 11.6. The van der Waals surface area contributed by atoms with Gasteiger partial charge in [0, 0.05) is 29.7 Å². The fourth-order valence-electron chi connectivity index (χ4n) is 3.46. The quantitative estimate of drug-likeness (QED) is 0.916. The molecule has 2 aromatic heterocycles. The second kappa shape index (κ2) is 4.93. The van der Waals surface area contributed by atoms with Crippen LogP contribution in [0.1, 0.15) is 35.3 Å². The van der Waals surface area contributed by atoms with E-state index in [1.54, 1.807) is 17.5 Å². The Hall–Kier alpha value is -1.72. The largest absolute Gasteiger partial charge is 0.346 e. The van der Waals surface area contributed by atoms with Crippen LogP contribution in [0, 0.1) is 0 Å². The van der Waals surface area contributed by atoms with Gasteiger partial charge in [-0.05, 0) is 36.3 Å². The van der Waals surface area contributed by atoms with Gasteiger partial charge in [0.05, 0.1) is 4.70 Å². The molecule has 21 heavy (non-hydrogen) atoms. The molecule has 2 aliphatic rings. The van der Waals surface area contributed by atoms with E-state index in [-0.39, 0.29) is 11.9 Å². The first-order chi connectivity index (χ1) is 10.2. The number of aromatic nitrogens is 1. The zero-order chi connectivity index (χ0) is 14.4. The lowest BCUT2D eigenvalue weighted by atomic mass is 9.95. The summed E-state index contributed by atoms with van der Waals surface area (Å²) in [5.41, 5.74) is 1.56. The summed E-state index contributed by atoms with van der Waals surface area (Å²) in [6, 6.07) is 3.14. The molecule has 0 aliphatic carbocycles. The first-order valence-electron chi connectivity index (χ1n) is 7.31. The fraction of sp³-hybridized carbons (Fsp3) is 0.375. The Balaban J connectivity index is 1.57. The van der Waals surface area contributed by atoms with Gasteiger partial charge in [0.1, 0.15) is 5.69 Å². The van der Waals surface area contributed by atoms with Crippen molar-refractivity contribution in [2.24, 2.45) is 0 Å². The Kier molecular flexibility index (Phi) is 3.05. The van der Waals surface area contributed by atoms with E-state index in [0.29, 0.717) is 17.8 Å². The predicted octanol–water partition coefficient (Wildman–Crippen LogP) is 2.56. The molecule has 0 unspecified atom stereocenters. The molecule has 2 saturated heterocycles. The summed E-state index contributed by atoms with van der Waals surface area (Å²) >= 11 is 1.63. The second-order valence-electron chi connectivity index (χ2n) is 5.82. The van der Waals surface area contributed by atoms with Crippen molar-refractivity contribution in [1.82, 2.24) is 15.6 Å². The highest BCUT2D eigenvalue weighted by molar-refractivity contribution is 7.17. The van der Waals surface area contributed by atoms with Crippen molar-refractivity contribution in [1.29, 1.82) is 0 Å². The third-order valence-corrected chi connectivity index (χ3v) is 5.51. The number of nitrogens with zero attached hydrogens (tertiary/aromatic N) is 1. The monoisotopic (exact) mass is 299 g/mol. The molecule has 0 spiro atoms. The number of fused-ring (bicyclic) bond motifs is 3. The first-order valence-corrected chi connectivity index (χ1v) is 8.19. The highest BCUT2D eigenvalue weighted by Crippen LogP contribution is 2.29. The lowest BCUT2D eigenvalue weighted by Crippen LogP contribution is -2.43. The number of carbonyl (C=O) groups is 1. The highest BCUT2D eigenvalue weighted by Gasteiger charge is 2.39. The van der Waals surface area contributed by atoms with E-state index in [1.807, 2.05) is 17.5 Å². The van der Waals surface area contributed by atoms with Gasteiger partial charge in [-0.3, -0.25) is 4.79 Å². The minimum Gasteiger partial charge on any atom is -0.346 e. The molecule has 1 amide bonds. The zero-order valence-corrected chi connectivity index (χ0v) is 12.5. The number of nitrogens with one attached hydrogen (secondary N) is 2. The summed E-state index contributed by atoms with van der Waals surface area (Å²) in [5, 5.41) is 9.77. The van der Waals surface area contributed by atoms with Crippen LogP contribution in [-0.4, -0.2) is 29.0 Å². The van der Waals surface area contributed by atoms with Crippen LogP contribution >= 0.6 is 11.3 Å². The molecular weight excluding hydrogens is 282 g/mol. The summed E-state index contributed by atoms with van der Waals surface area (Å²) in [7, 11) is 0. The standard InChI is InChI=1S/C16H17N3OS/c1-2-9-8-21-15-7-17-14(6-11(9)15)16(20)19-13-5-10-3-4-12(13)18-10/h2,6-8,10,12-13,18H,1,3-5H2,(H,19,20)/t10-,12+,13-/m1/s1. The number of hydrogen-bond acceptors (Lipinski definition) is 4. The molecule has 4 heterocycles. The van der Waals surface area contributed by atoms with E-state index in [1.165, 1.54) is 6.42 Å².